The summed E-state index contributed by atoms with van der Waals surface area (Å²) in [5.41, 5.74) is 5.49. The Morgan fingerprint density at radius 3 is 2.57 bits per heavy atom. The molecule has 0 aliphatic carbocycles. The van der Waals surface area contributed by atoms with Crippen LogP contribution in [-0.4, -0.2) is 44.1 Å². The van der Waals surface area contributed by atoms with E-state index in [-0.39, 0.29) is 11.7 Å². The Bertz CT molecular complexity index is 314. The van der Waals surface area contributed by atoms with E-state index in [9.17, 15) is 13.2 Å². The van der Waals surface area contributed by atoms with E-state index in [0.29, 0.717) is 25.9 Å². The molecule has 1 amide bonds. The van der Waals surface area contributed by atoms with Crippen molar-refractivity contribution >= 4 is 15.9 Å². The summed E-state index contributed by atoms with van der Waals surface area (Å²) >= 11 is 0. The molecule has 1 saturated heterocycles. The van der Waals surface area contributed by atoms with E-state index in [4.69, 9.17) is 10.9 Å². The molecule has 14 heavy (non-hydrogen) atoms. The van der Waals surface area contributed by atoms with Gasteiger partial charge in [0.2, 0.25) is 15.9 Å². The number of amides is 1. The molecule has 0 aromatic heterocycles. The molecule has 1 fully saturated rings. The van der Waals surface area contributed by atoms with E-state index in [1.165, 1.54) is 0 Å². The molecule has 1 atom stereocenters. The maximum absolute atomic E-state index is 11.3. The first kappa shape index (κ1) is 11.4. The number of carbonyl (C=O) groups is 1. The van der Waals surface area contributed by atoms with Crippen LogP contribution < -0.4 is 10.9 Å². The van der Waals surface area contributed by atoms with Gasteiger partial charge in [-0.15, -0.1) is 0 Å². The summed E-state index contributed by atoms with van der Waals surface area (Å²) in [6, 6.07) is -0.413. The molecular weight excluding hydrogens is 206 g/mol. The smallest absolute Gasteiger partial charge is 0.239 e. The summed E-state index contributed by atoms with van der Waals surface area (Å²) in [5.74, 6) is -0.189. The molecule has 0 bridgehead atoms. The van der Waals surface area contributed by atoms with Crippen LogP contribution in [0.15, 0.2) is 0 Å². The molecule has 0 spiro atoms. The predicted molar refractivity (Wildman–Crippen MR) is 51.8 cm³/mol. The fourth-order valence-corrected chi connectivity index (χ4v) is 1.97. The zero-order chi connectivity index (χ0) is 10.8. The summed E-state index contributed by atoms with van der Waals surface area (Å²) < 4.78 is 21.2. The number of rotatable bonds is 4. The Hall–Kier alpha value is -0.660. The van der Waals surface area contributed by atoms with Gasteiger partial charge < -0.3 is 10.6 Å². The van der Waals surface area contributed by atoms with Crippen LogP contribution in [0.1, 0.15) is 12.8 Å². The molecule has 1 aliphatic rings. The Kier molecular flexibility index (Phi) is 3.46. The van der Waals surface area contributed by atoms with Crippen LogP contribution in [0.3, 0.4) is 0 Å². The van der Waals surface area contributed by atoms with Crippen molar-refractivity contribution in [2.24, 2.45) is 10.9 Å². The highest BCUT2D eigenvalue weighted by Crippen LogP contribution is 2.09. The van der Waals surface area contributed by atoms with E-state index < -0.39 is 16.1 Å². The number of primary sulfonamides is 1. The quantitative estimate of drug-likeness (QED) is 0.585. The van der Waals surface area contributed by atoms with Gasteiger partial charge in [0.15, 0.2) is 0 Å². The van der Waals surface area contributed by atoms with Gasteiger partial charge in [0.25, 0.3) is 0 Å². The summed E-state index contributed by atoms with van der Waals surface area (Å²) in [7, 11) is -3.42. The minimum atomic E-state index is -3.42. The normalized spacial score (nSPS) is 23.1. The summed E-state index contributed by atoms with van der Waals surface area (Å²) in [6.07, 6.45) is 1.02. The number of nitrogens with two attached hydrogens (primary N) is 2. The lowest BCUT2D eigenvalue weighted by Crippen LogP contribution is -2.35. The number of sulfonamides is 1. The monoisotopic (exact) mass is 221 g/mol. The molecule has 7 heteroatoms. The maximum atomic E-state index is 11.3. The minimum absolute atomic E-state index is 0.0913. The van der Waals surface area contributed by atoms with Crippen LogP contribution in [0, 0.1) is 0 Å². The van der Waals surface area contributed by atoms with Crippen LogP contribution in [0.4, 0.5) is 0 Å². The van der Waals surface area contributed by atoms with Crippen molar-refractivity contribution in [1.82, 2.24) is 4.90 Å². The van der Waals surface area contributed by atoms with Crippen LogP contribution >= 0.6 is 0 Å². The molecule has 0 aromatic carbocycles. The first-order valence-electron chi connectivity index (χ1n) is 4.45. The van der Waals surface area contributed by atoms with Crippen molar-refractivity contribution in [3.05, 3.63) is 0 Å². The number of hydrogen-bond acceptors (Lipinski definition) is 4. The van der Waals surface area contributed by atoms with Crippen molar-refractivity contribution in [2.75, 3.05) is 18.8 Å². The molecule has 1 heterocycles. The van der Waals surface area contributed by atoms with E-state index in [1.807, 2.05) is 0 Å². The Morgan fingerprint density at radius 2 is 2.14 bits per heavy atom. The first-order chi connectivity index (χ1) is 6.40. The molecule has 1 unspecified atom stereocenters. The van der Waals surface area contributed by atoms with E-state index >= 15 is 0 Å². The van der Waals surface area contributed by atoms with Crippen molar-refractivity contribution in [1.29, 1.82) is 0 Å². The minimum Gasteiger partial charge on any atom is -0.341 e. The molecule has 0 aromatic rings. The van der Waals surface area contributed by atoms with Crippen molar-refractivity contribution < 1.29 is 13.2 Å². The summed E-state index contributed by atoms with van der Waals surface area (Å²) in [6.45, 7) is 1.04. The lowest BCUT2D eigenvalue weighted by molar-refractivity contribution is -0.128. The zero-order valence-corrected chi connectivity index (χ0v) is 8.66. The average Bonchev–Trinajstić information content (AvgIpc) is 2.33. The highest BCUT2D eigenvalue weighted by Gasteiger charge is 2.27. The number of likely N-dealkylation sites (tertiary alicyclic amines) is 1. The Labute approximate surface area is 83.3 Å². The third kappa shape index (κ3) is 3.24. The van der Waals surface area contributed by atoms with Gasteiger partial charge in [-0.1, -0.05) is 0 Å². The lowest BCUT2D eigenvalue weighted by atomic mass is 10.3. The lowest BCUT2D eigenvalue weighted by Gasteiger charge is -2.14. The summed E-state index contributed by atoms with van der Waals surface area (Å²) in [4.78, 5) is 12.9. The van der Waals surface area contributed by atoms with Gasteiger partial charge in [-0.2, -0.15) is 0 Å². The molecule has 6 nitrogen and oxygen atoms in total. The Balaban J connectivity index is 2.30. The van der Waals surface area contributed by atoms with Crippen LogP contribution in [-0.2, 0) is 14.8 Å². The third-order valence-corrected chi connectivity index (χ3v) is 3.05. The van der Waals surface area contributed by atoms with Gasteiger partial charge in [-0.05, 0) is 12.8 Å². The molecule has 0 saturated carbocycles. The van der Waals surface area contributed by atoms with Gasteiger partial charge in [0, 0.05) is 13.1 Å². The maximum Gasteiger partial charge on any atom is 0.239 e. The standard InChI is InChI=1S/C7H15N3O3S/c8-6-2-4-10(7(6)11)3-1-5-14(9,12)13/h6H,1-5,8H2,(H2,9,12,13). The molecule has 4 N–H and O–H groups in total. The van der Waals surface area contributed by atoms with Gasteiger partial charge in [0.1, 0.15) is 0 Å². The van der Waals surface area contributed by atoms with Gasteiger partial charge in [-0.25, -0.2) is 13.6 Å². The number of hydrogen-bond donors (Lipinski definition) is 2. The third-order valence-electron chi connectivity index (χ3n) is 2.20. The Morgan fingerprint density at radius 1 is 1.50 bits per heavy atom. The molecule has 0 radical (unpaired) electrons. The van der Waals surface area contributed by atoms with Crippen LogP contribution in [0.25, 0.3) is 0 Å². The second-order valence-electron chi connectivity index (χ2n) is 3.44. The van der Waals surface area contributed by atoms with Crippen LogP contribution in [0.2, 0.25) is 0 Å². The fraction of sp³-hybridized carbons (Fsp3) is 0.857. The topological polar surface area (TPSA) is 106 Å². The average molecular weight is 221 g/mol. The van der Waals surface area contributed by atoms with Crippen molar-refractivity contribution in [3.8, 4) is 0 Å². The van der Waals surface area contributed by atoms with E-state index in [0.717, 1.165) is 0 Å². The van der Waals surface area contributed by atoms with Gasteiger partial charge >= 0.3 is 0 Å². The van der Waals surface area contributed by atoms with Gasteiger partial charge in [0.05, 0.1) is 11.8 Å². The highest BCUT2D eigenvalue weighted by atomic mass is 32.2. The second-order valence-corrected chi connectivity index (χ2v) is 5.17. The van der Waals surface area contributed by atoms with Crippen molar-refractivity contribution in [3.63, 3.8) is 0 Å². The van der Waals surface area contributed by atoms with E-state index in [1.54, 1.807) is 4.90 Å². The van der Waals surface area contributed by atoms with Crippen molar-refractivity contribution in [2.45, 2.75) is 18.9 Å². The SMILES string of the molecule is NC1CCN(CCCS(N)(=O)=O)C1=O. The molecule has 1 aliphatic heterocycles. The largest absolute Gasteiger partial charge is 0.341 e. The van der Waals surface area contributed by atoms with E-state index in [2.05, 4.69) is 0 Å². The van der Waals surface area contributed by atoms with Crippen LogP contribution in [0.5, 0.6) is 0 Å². The molecule has 1 rings (SSSR count). The zero-order valence-electron chi connectivity index (χ0n) is 7.85. The summed E-state index contributed by atoms with van der Waals surface area (Å²) in [5, 5.41) is 4.83. The number of carbonyl (C=O) groups excluding carboxylic acids is 1. The predicted octanol–water partition coefficient (Wildman–Crippen LogP) is -1.78. The van der Waals surface area contributed by atoms with Gasteiger partial charge in [-0.3, -0.25) is 4.79 Å². The molecular formula is C7H15N3O3S. The number of nitrogens with zero attached hydrogens (tertiary/aromatic N) is 1. The molecule has 82 valence electrons. The first-order valence-corrected chi connectivity index (χ1v) is 6.16. The fourth-order valence-electron chi connectivity index (χ4n) is 1.44. The highest BCUT2D eigenvalue weighted by molar-refractivity contribution is 7.89. The second kappa shape index (κ2) is 4.24.